The molecule has 6 nitrogen and oxygen atoms in total. The quantitative estimate of drug-likeness (QED) is 0.577. The lowest BCUT2D eigenvalue weighted by Gasteiger charge is -2.08. The van der Waals surface area contributed by atoms with Crippen molar-refractivity contribution in [2.75, 3.05) is 13.7 Å². The number of nitrogens with zero attached hydrogens (tertiary/aromatic N) is 2. The molecule has 0 saturated heterocycles. The maximum Gasteiger partial charge on any atom is 0.331 e. The molecule has 0 amide bonds. The van der Waals surface area contributed by atoms with Gasteiger partial charge in [-0.15, -0.1) is 5.10 Å². The van der Waals surface area contributed by atoms with Gasteiger partial charge >= 0.3 is 5.97 Å². The summed E-state index contributed by atoms with van der Waals surface area (Å²) in [5, 5.41) is 7.91. The molecule has 0 aliphatic heterocycles. The van der Waals surface area contributed by atoms with E-state index in [0.717, 1.165) is 27.6 Å². The van der Waals surface area contributed by atoms with Gasteiger partial charge in [-0.25, -0.2) is 4.79 Å². The van der Waals surface area contributed by atoms with Gasteiger partial charge in [0.25, 0.3) is 0 Å². The van der Waals surface area contributed by atoms with Crippen molar-refractivity contribution in [2.24, 2.45) is 0 Å². The molecular weight excluding hydrogens is 306 g/mol. The van der Waals surface area contributed by atoms with Crippen LogP contribution in [0.25, 0.3) is 16.5 Å². The van der Waals surface area contributed by atoms with E-state index < -0.39 is 5.97 Å². The van der Waals surface area contributed by atoms with Crippen LogP contribution in [0.15, 0.2) is 48.8 Å². The molecule has 1 aromatic carbocycles. The fraction of sp³-hybridized carbons (Fsp3) is 0.167. The van der Waals surface area contributed by atoms with Crippen molar-refractivity contribution in [3.63, 3.8) is 0 Å². The van der Waals surface area contributed by atoms with Crippen LogP contribution in [0, 0.1) is 0 Å². The van der Waals surface area contributed by atoms with Crippen LogP contribution >= 0.6 is 0 Å². The third-order valence-corrected chi connectivity index (χ3v) is 3.55. The maximum absolute atomic E-state index is 12.0. The van der Waals surface area contributed by atoms with Gasteiger partial charge in [0, 0.05) is 24.0 Å². The van der Waals surface area contributed by atoms with Crippen molar-refractivity contribution in [3.05, 3.63) is 59.9 Å². The number of carbonyl (C=O) groups is 1. The maximum atomic E-state index is 12.0. The molecule has 3 rings (SSSR count). The smallest absolute Gasteiger partial charge is 0.331 e. The van der Waals surface area contributed by atoms with E-state index in [1.807, 2.05) is 30.3 Å². The van der Waals surface area contributed by atoms with Crippen LogP contribution in [-0.2, 0) is 9.53 Å². The number of methoxy groups -OCH3 is 1. The van der Waals surface area contributed by atoms with Crippen LogP contribution in [0.1, 0.15) is 18.1 Å². The highest BCUT2D eigenvalue weighted by Gasteiger charge is 2.12. The first kappa shape index (κ1) is 15.7. The number of hydrogen-bond acceptors (Lipinski definition) is 5. The zero-order chi connectivity index (χ0) is 16.9. The summed E-state index contributed by atoms with van der Waals surface area (Å²) < 4.78 is 10.3. The lowest BCUT2D eigenvalue weighted by molar-refractivity contribution is -0.137. The molecule has 0 bridgehead atoms. The van der Waals surface area contributed by atoms with E-state index >= 15 is 0 Å². The van der Waals surface area contributed by atoms with E-state index in [2.05, 4.69) is 15.2 Å². The number of H-pyrrole nitrogens is 1. The normalized spacial score (nSPS) is 11.5. The standard InChI is InChI=1S/C18H17N3O3/c1-3-24-17(22)10-15(13-5-4-8-19-11-13)12-6-7-14-16(9-12)20-21-18(14)23-2/h4-11H,3H2,1-2H3,(H,20,21)/b15-10-. The van der Waals surface area contributed by atoms with Crippen molar-refractivity contribution in [1.82, 2.24) is 15.2 Å². The summed E-state index contributed by atoms with van der Waals surface area (Å²) in [6.07, 6.45) is 4.88. The number of nitrogens with one attached hydrogen (secondary N) is 1. The fourth-order valence-electron chi connectivity index (χ4n) is 2.47. The first-order chi connectivity index (χ1) is 11.7. The number of esters is 1. The number of fused-ring (bicyclic) bond motifs is 1. The van der Waals surface area contributed by atoms with Crippen molar-refractivity contribution in [1.29, 1.82) is 0 Å². The molecule has 122 valence electrons. The fourth-order valence-corrected chi connectivity index (χ4v) is 2.47. The Balaban J connectivity index is 2.10. The second kappa shape index (κ2) is 6.95. The minimum absolute atomic E-state index is 0.326. The summed E-state index contributed by atoms with van der Waals surface area (Å²) in [5.41, 5.74) is 3.24. The zero-order valence-electron chi connectivity index (χ0n) is 13.4. The van der Waals surface area contributed by atoms with E-state index in [9.17, 15) is 4.79 Å². The predicted octanol–water partition coefficient (Wildman–Crippen LogP) is 2.96. The number of ether oxygens (including phenoxy) is 2. The predicted molar refractivity (Wildman–Crippen MR) is 90.6 cm³/mol. The van der Waals surface area contributed by atoms with Crippen LogP contribution in [0.3, 0.4) is 0 Å². The molecule has 2 aromatic heterocycles. The first-order valence-electron chi connectivity index (χ1n) is 7.54. The van der Waals surface area contributed by atoms with Crippen molar-refractivity contribution >= 4 is 22.4 Å². The number of aromatic amines is 1. The van der Waals surface area contributed by atoms with Crippen molar-refractivity contribution in [2.45, 2.75) is 6.92 Å². The summed E-state index contributed by atoms with van der Waals surface area (Å²) in [5.74, 6) is 0.146. The Labute approximate surface area is 139 Å². The van der Waals surface area contributed by atoms with E-state index in [1.165, 1.54) is 6.08 Å². The second-order valence-corrected chi connectivity index (χ2v) is 5.05. The highest BCUT2D eigenvalue weighted by Crippen LogP contribution is 2.29. The largest absolute Gasteiger partial charge is 0.480 e. The minimum atomic E-state index is -0.390. The molecule has 0 atom stereocenters. The molecule has 0 saturated carbocycles. The third kappa shape index (κ3) is 3.12. The van der Waals surface area contributed by atoms with Crippen molar-refractivity contribution < 1.29 is 14.3 Å². The van der Waals surface area contributed by atoms with Crippen LogP contribution in [-0.4, -0.2) is 34.9 Å². The lowest BCUT2D eigenvalue weighted by atomic mass is 9.98. The van der Waals surface area contributed by atoms with E-state index in [1.54, 1.807) is 26.4 Å². The van der Waals surface area contributed by atoms with Crippen LogP contribution < -0.4 is 4.74 Å². The number of aromatic nitrogens is 3. The minimum Gasteiger partial charge on any atom is -0.480 e. The molecule has 1 N–H and O–H groups in total. The summed E-state index contributed by atoms with van der Waals surface area (Å²) in [7, 11) is 1.57. The summed E-state index contributed by atoms with van der Waals surface area (Å²) in [6.45, 7) is 2.10. The number of carbonyl (C=O) groups excluding carboxylic acids is 1. The molecule has 0 spiro atoms. The molecule has 6 heteroatoms. The van der Waals surface area contributed by atoms with Gasteiger partial charge in [-0.1, -0.05) is 12.1 Å². The average Bonchev–Trinajstić information content (AvgIpc) is 3.03. The van der Waals surface area contributed by atoms with Gasteiger partial charge in [0.2, 0.25) is 5.88 Å². The van der Waals surface area contributed by atoms with Gasteiger partial charge in [0.05, 0.1) is 24.6 Å². The Hall–Kier alpha value is -3.15. The van der Waals surface area contributed by atoms with Gasteiger partial charge in [0.1, 0.15) is 0 Å². The SMILES string of the molecule is CCOC(=O)/C=C(\c1cccnc1)c1ccc2c(OC)n[nH]c2c1. The number of pyridine rings is 1. The average molecular weight is 323 g/mol. The molecule has 0 radical (unpaired) electrons. The van der Waals surface area contributed by atoms with Crippen LogP contribution in [0.5, 0.6) is 5.88 Å². The Bertz CT molecular complexity index is 885. The highest BCUT2D eigenvalue weighted by molar-refractivity contribution is 5.98. The summed E-state index contributed by atoms with van der Waals surface area (Å²) in [6, 6.07) is 9.46. The van der Waals surface area contributed by atoms with E-state index in [4.69, 9.17) is 9.47 Å². The van der Waals surface area contributed by atoms with Crippen molar-refractivity contribution in [3.8, 4) is 5.88 Å². The molecule has 0 aliphatic rings. The van der Waals surface area contributed by atoms with E-state index in [0.29, 0.717) is 12.5 Å². The molecule has 0 fully saturated rings. The number of rotatable bonds is 5. The van der Waals surface area contributed by atoms with Gasteiger partial charge in [-0.3, -0.25) is 10.1 Å². The lowest BCUT2D eigenvalue weighted by Crippen LogP contribution is -2.02. The third-order valence-electron chi connectivity index (χ3n) is 3.55. The van der Waals surface area contributed by atoms with Gasteiger partial charge in [0.15, 0.2) is 0 Å². The monoisotopic (exact) mass is 323 g/mol. The highest BCUT2D eigenvalue weighted by atomic mass is 16.5. The summed E-state index contributed by atoms with van der Waals surface area (Å²) in [4.78, 5) is 16.1. The van der Waals surface area contributed by atoms with Crippen LogP contribution in [0.4, 0.5) is 0 Å². The van der Waals surface area contributed by atoms with E-state index in [-0.39, 0.29) is 0 Å². The first-order valence-corrected chi connectivity index (χ1v) is 7.54. The topological polar surface area (TPSA) is 77.1 Å². The summed E-state index contributed by atoms with van der Waals surface area (Å²) >= 11 is 0. The number of hydrogen-bond donors (Lipinski definition) is 1. The zero-order valence-corrected chi connectivity index (χ0v) is 13.4. The Morgan fingerprint density at radius 2 is 2.17 bits per heavy atom. The number of benzene rings is 1. The molecular formula is C18H17N3O3. The molecule has 3 aromatic rings. The molecule has 24 heavy (non-hydrogen) atoms. The second-order valence-electron chi connectivity index (χ2n) is 5.05. The Morgan fingerprint density at radius 3 is 2.88 bits per heavy atom. The van der Waals surface area contributed by atoms with Gasteiger partial charge < -0.3 is 9.47 Å². The molecule has 0 aliphatic carbocycles. The Kier molecular flexibility index (Phi) is 4.56. The van der Waals surface area contributed by atoms with Gasteiger partial charge in [-0.05, 0) is 36.3 Å². The molecule has 2 heterocycles. The van der Waals surface area contributed by atoms with Crippen LogP contribution in [0.2, 0.25) is 0 Å². The molecule has 0 unspecified atom stereocenters. The Morgan fingerprint density at radius 1 is 1.29 bits per heavy atom. The van der Waals surface area contributed by atoms with Gasteiger partial charge in [-0.2, -0.15) is 0 Å².